The number of carbonyl (C=O) groups is 1. The van der Waals surface area contributed by atoms with Crippen LogP contribution in [-0.4, -0.2) is 21.8 Å². The minimum atomic E-state index is -0.836. The lowest BCUT2D eigenvalue weighted by molar-refractivity contribution is 0.00693. The molecule has 0 aliphatic carbocycles. The summed E-state index contributed by atoms with van der Waals surface area (Å²) in [5.41, 5.74) is 0.0574. The molecular weight excluding hydrogens is 220 g/mol. The van der Waals surface area contributed by atoms with Gasteiger partial charge in [-0.25, -0.2) is 4.79 Å². The third kappa shape index (κ3) is 3.75. The SMILES string of the molecule is CC(O)c1cc(C(=O)OC(C)(C)C)ccc1O. The number of rotatable bonds is 2. The number of ether oxygens (including phenoxy) is 1. The van der Waals surface area contributed by atoms with Crippen molar-refractivity contribution in [1.82, 2.24) is 0 Å². The second-order valence-corrected chi connectivity index (χ2v) is 4.95. The summed E-state index contributed by atoms with van der Waals surface area (Å²) in [6.45, 7) is 6.86. The van der Waals surface area contributed by atoms with Crippen molar-refractivity contribution in [2.24, 2.45) is 0 Å². The number of aliphatic hydroxyl groups excluding tert-OH is 1. The van der Waals surface area contributed by atoms with E-state index in [4.69, 9.17) is 4.74 Å². The number of phenolic OH excluding ortho intramolecular Hbond substituents is 1. The Kier molecular flexibility index (Phi) is 3.78. The van der Waals surface area contributed by atoms with Crippen LogP contribution >= 0.6 is 0 Å². The molecule has 4 nitrogen and oxygen atoms in total. The maximum atomic E-state index is 11.8. The van der Waals surface area contributed by atoms with E-state index < -0.39 is 17.7 Å². The molecule has 1 rings (SSSR count). The number of hydrogen-bond acceptors (Lipinski definition) is 4. The number of phenols is 1. The van der Waals surface area contributed by atoms with Crippen LogP contribution in [0, 0.1) is 0 Å². The summed E-state index contributed by atoms with van der Waals surface area (Å²) in [5, 5.41) is 18.9. The lowest BCUT2D eigenvalue weighted by Crippen LogP contribution is -2.24. The van der Waals surface area contributed by atoms with E-state index in [-0.39, 0.29) is 5.75 Å². The number of aromatic hydroxyl groups is 1. The van der Waals surface area contributed by atoms with Gasteiger partial charge in [0.2, 0.25) is 0 Å². The van der Waals surface area contributed by atoms with E-state index in [9.17, 15) is 15.0 Å². The Bertz CT molecular complexity index is 416. The summed E-state index contributed by atoms with van der Waals surface area (Å²) in [6.07, 6.45) is -0.836. The Morgan fingerprint density at radius 2 is 1.94 bits per heavy atom. The monoisotopic (exact) mass is 238 g/mol. The van der Waals surface area contributed by atoms with Gasteiger partial charge >= 0.3 is 5.97 Å². The molecule has 0 saturated carbocycles. The zero-order valence-electron chi connectivity index (χ0n) is 10.5. The molecule has 1 unspecified atom stereocenters. The number of hydrogen-bond donors (Lipinski definition) is 2. The van der Waals surface area contributed by atoms with Gasteiger partial charge in [-0.2, -0.15) is 0 Å². The molecule has 0 heterocycles. The lowest BCUT2D eigenvalue weighted by Gasteiger charge is -2.20. The van der Waals surface area contributed by atoms with Crippen LogP contribution in [0.4, 0.5) is 0 Å². The van der Waals surface area contributed by atoms with Gasteiger partial charge in [0, 0.05) is 5.56 Å². The average molecular weight is 238 g/mol. The summed E-state index contributed by atoms with van der Waals surface area (Å²) in [4.78, 5) is 11.8. The van der Waals surface area contributed by atoms with Gasteiger partial charge in [-0.15, -0.1) is 0 Å². The van der Waals surface area contributed by atoms with Crippen LogP contribution in [0.25, 0.3) is 0 Å². The number of carbonyl (C=O) groups excluding carboxylic acids is 1. The second-order valence-electron chi connectivity index (χ2n) is 4.95. The third-order valence-electron chi connectivity index (χ3n) is 2.11. The molecule has 0 aromatic heterocycles. The van der Waals surface area contributed by atoms with Crippen molar-refractivity contribution in [3.8, 4) is 5.75 Å². The van der Waals surface area contributed by atoms with Crippen LogP contribution in [0.5, 0.6) is 5.75 Å². The zero-order chi connectivity index (χ0) is 13.2. The normalized spacial score (nSPS) is 13.2. The van der Waals surface area contributed by atoms with E-state index in [2.05, 4.69) is 0 Å². The summed E-state index contributed by atoms with van der Waals surface area (Å²) in [7, 11) is 0. The first-order valence-electron chi connectivity index (χ1n) is 5.45. The molecule has 94 valence electrons. The van der Waals surface area contributed by atoms with Gasteiger partial charge in [0.1, 0.15) is 11.4 Å². The van der Waals surface area contributed by atoms with E-state index in [1.165, 1.54) is 25.1 Å². The fraction of sp³-hybridized carbons (Fsp3) is 0.462. The molecule has 0 bridgehead atoms. The molecule has 0 amide bonds. The molecule has 0 aliphatic heterocycles. The Morgan fingerprint density at radius 1 is 1.35 bits per heavy atom. The molecule has 0 saturated heterocycles. The number of benzene rings is 1. The largest absolute Gasteiger partial charge is 0.508 e. The van der Waals surface area contributed by atoms with E-state index in [1.807, 2.05) is 0 Å². The van der Waals surface area contributed by atoms with E-state index in [1.54, 1.807) is 20.8 Å². The smallest absolute Gasteiger partial charge is 0.338 e. The fourth-order valence-electron chi connectivity index (χ4n) is 1.35. The van der Waals surface area contributed by atoms with Crippen molar-refractivity contribution >= 4 is 5.97 Å². The van der Waals surface area contributed by atoms with Crippen molar-refractivity contribution in [3.63, 3.8) is 0 Å². The fourth-order valence-corrected chi connectivity index (χ4v) is 1.35. The molecule has 0 spiro atoms. The molecule has 4 heteroatoms. The standard InChI is InChI=1S/C13H18O4/c1-8(14)10-7-9(5-6-11(10)15)12(16)17-13(2,3)4/h5-8,14-15H,1-4H3. The minimum Gasteiger partial charge on any atom is -0.508 e. The Hall–Kier alpha value is -1.55. The summed E-state index contributed by atoms with van der Waals surface area (Å²) < 4.78 is 5.20. The molecular formula is C13H18O4. The van der Waals surface area contributed by atoms with Gasteiger partial charge in [-0.05, 0) is 45.9 Å². The van der Waals surface area contributed by atoms with Crippen LogP contribution in [0.15, 0.2) is 18.2 Å². The van der Waals surface area contributed by atoms with Gasteiger partial charge in [0.15, 0.2) is 0 Å². The summed E-state index contributed by atoms with van der Waals surface area (Å²) in [5.74, 6) is -0.508. The number of aliphatic hydroxyl groups is 1. The van der Waals surface area contributed by atoms with Crippen LogP contribution in [0.3, 0.4) is 0 Å². The lowest BCUT2D eigenvalue weighted by atomic mass is 10.1. The van der Waals surface area contributed by atoms with Crippen LogP contribution in [0.2, 0.25) is 0 Å². The Morgan fingerprint density at radius 3 is 2.41 bits per heavy atom. The maximum Gasteiger partial charge on any atom is 0.338 e. The molecule has 1 aromatic rings. The highest BCUT2D eigenvalue weighted by molar-refractivity contribution is 5.90. The quantitative estimate of drug-likeness (QED) is 0.776. The van der Waals surface area contributed by atoms with Crippen molar-refractivity contribution in [3.05, 3.63) is 29.3 Å². The van der Waals surface area contributed by atoms with E-state index in [0.29, 0.717) is 11.1 Å². The van der Waals surface area contributed by atoms with E-state index in [0.717, 1.165) is 0 Å². The first kappa shape index (κ1) is 13.5. The highest BCUT2D eigenvalue weighted by Gasteiger charge is 2.19. The molecule has 1 atom stereocenters. The predicted molar refractivity (Wildman–Crippen MR) is 63.9 cm³/mol. The third-order valence-corrected chi connectivity index (χ3v) is 2.11. The topological polar surface area (TPSA) is 66.8 Å². The molecule has 2 N–H and O–H groups in total. The van der Waals surface area contributed by atoms with Gasteiger partial charge in [-0.1, -0.05) is 0 Å². The van der Waals surface area contributed by atoms with Crippen molar-refractivity contribution in [2.45, 2.75) is 39.4 Å². The molecule has 1 aromatic carbocycles. The average Bonchev–Trinajstić information content (AvgIpc) is 2.14. The summed E-state index contributed by atoms with van der Waals surface area (Å²) in [6, 6.07) is 4.28. The highest BCUT2D eigenvalue weighted by Crippen LogP contribution is 2.25. The zero-order valence-corrected chi connectivity index (χ0v) is 10.5. The van der Waals surface area contributed by atoms with Gasteiger partial charge in [0.05, 0.1) is 11.7 Å². The predicted octanol–water partition coefficient (Wildman–Crippen LogP) is 2.40. The summed E-state index contributed by atoms with van der Waals surface area (Å²) >= 11 is 0. The highest BCUT2D eigenvalue weighted by atomic mass is 16.6. The maximum absolute atomic E-state index is 11.8. The van der Waals surface area contributed by atoms with Gasteiger partial charge in [-0.3, -0.25) is 0 Å². The van der Waals surface area contributed by atoms with Crippen molar-refractivity contribution in [2.75, 3.05) is 0 Å². The first-order chi connectivity index (χ1) is 7.70. The van der Waals surface area contributed by atoms with Gasteiger partial charge < -0.3 is 14.9 Å². The Balaban J connectivity index is 3.00. The van der Waals surface area contributed by atoms with Gasteiger partial charge in [0.25, 0.3) is 0 Å². The minimum absolute atomic E-state index is 0.0349. The van der Waals surface area contributed by atoms with E-state index >= 15 is 0 Å². The van der Waals surface area contributed by atoms with Crippen LogP contribution in [-0.2, 0) is 4.74 Å². The van der Waals surface area contributed by atoms with Crippen molar-refractivity contribution < 1.29 is 19.7 Å². The Labute approximate surface area is 101 Å². The number of esters is 1. The molecule has 0 fully saturated rings. The van der Waals surface area contributed by atoms with Crippen LogP contribution < -0.4 is 0 Å². The molecule has 0 radical (unpaired) electrons. The van der Waals surface area contributed by atoms with Crippen molar-refractivity contribution in [1.29, 1.82) is 0 Å². The molecule has 0 aliphatic rings. The second kappa shape index (κ2) is 4.75. The molecule has 17 heavy (non-hydrogen) atoms. The van der Waals surface area contributed by atoms with Crippen LogP contribution in [0.1, 0.15) is 49.7 Å². The first-order valence-corrected chi connectivity index (χ1v) is 5.45.